The fraction of sp³-hybridized carbons (Fsp3) is 0.269. The molecule has 0 aromatic heterocycles. The number of rotatable bonds is 7. The molecule has 190 valence electrons. The van der Waals surface area contributed by atoms with Crippen molar-refractivity contribution < 1.29 is 26.4 Å². The Morgan fingerprint density at radius 2 is 1.72 bits per heavy atom. The lowest BCUT2D eigenvalue weighted by Gasteiger charge is -2.26. The molecule has 1 amide bonds. The van der Waals surface area contributed by atoms with Crippen molar-refractivity contribution in [1.29, 1.82) is 0 Å². The second kappa shape index (κ2) is 10.1. The largest absolute Gasteiger partial charge is 0.416 e. The summed E-state index contributed by atoms with van der Waals surface area (Å²) in [7, 11) is -4.42. The predicted octanol–water partition coefficient (Wildman–Crippen LogP) is 5.92. The Hall–Kier alpha value is -3.04. The Balaban J connectivity index is 1.66. The van der Waals surface area contributed by atoms with Crippen LogP contribution >= 0.6 is 11.6 Å². The molecule has 0 spiro atoms. The van der Waals surface area contributed by atoms with Crippen LogP contribution < -0.4 is 9.62 Å². The molecule has 0 heterocycles. The first-order valence-electron chi connectivity index (χ1n) is 11.3. The summed E-state index contributed by atoms with van der Waals surface area (Å²) in [6.45, 7) is 1.01. The minimum absolute atomic E-state index is 0.182. The number of amides is 1. The van der Waals surface area contributed by atoms with Crippen LogP contribution in [0.5, 0.6) is 0 Å². The van der Waals surface area contributed by atoms with Crippen LogP contribution in [0.25, 0.3) is 0 Å². The Labute approximate surface area is 212 Å². The predicted molar refractivity (Wildman–Crippen MR) is 132 cm³/mol. The van der Waals surface area contributed by atoms with E-state index < -0.39 is 45.9 Å². The second-order valence-corrected chi connectivity index (χ2v) is 10.9. The molecule has 0 saturated carbocycles. The highest BCUT2D eigenvalue weighted by molar-refractivity contribution is 7.92. The first-order valence-corrected chi connectivity index (χ1v) is 13.1. The van der Waals surface area contributed by atoms with E-state index in [1.54, 1.807) is 13.0 Å². The van der Waals surface area contributed by atoms with Crippen molar-refractivity contribution in [2.45, 2.75) is 43.3 Å². The number of anilines is 1. The molecule has 1 atom stereocenters. The Morgan fingerprint density at radius 1 is 1.03 bits per heavy atom. The molecule has 1 aliphatic carbocycles. The van der Waals surface area contributed by atoms with Crippen molar-refractivity contribution in [3.05, 3.63) is 94.0 Å². The van der Waals surface area contributed by atoms with Crippen LogP contribution in [0.1, 0.15) is 41.6 Å². The molecule has 0 bridgehead atoms. The fourth-order valence-corrected chi connectivity index (χ4v) is 5.98. The molecule has 1 aliphatic rings. The van der Waals surface area contributed by atoms with Crippen LogP contribution in [-0.4, -0.2) is 20.9 Å². The molecule has 3 aromatic carbocycles. The van der Waals surface area contributed by atoms with Crippen LogP contribution in [0, 0.1) is 0 Å². The third kappa shape index (κ3) is 5.52. The highest BCUT2D eigenvalue weighted by atomic mass is 35.5. The van der Waals surface area contributed by atoms with E-state index in [1.807, 2.05) is 18.2 Å². The van der Waals surface area contributed by atoms with Crippen molar-refractivity contribution in [3.8, 4) is 0 Å². The molecule has 0 unspecified atom stereocenters. The molecule has 1 N–H and O–H groups in total. The highest BCUT2D eigenvalue weighted by Crippen LogP contribution is 2.37. The van der Waals surface area contributed by atoms with Crippen molar-refractivity contribution in [2.75, 3.05) is 10.8 Å². The van der Waals surface area contributed by atoms with E-state index in [1.165, 1.54) is 35.4 Å². The Bertz CT molecular complexity index is 1380. The van der Waals surface area contributed by atoms with E-state index in [0.717, 1.165) is 37.0 Å². The topological polar surface area (TPSA) is 66.5 Å². The molecule has 0 radical (unpaired) electrons. The number of carbonyl (C=O) groups excluding carboxylic acids is 1. The van der Waals surface area contributed by atoms with Gasteiger partial charge in [0.05, 0.1) is 27.2 Å². The Morgan fingerprint density at radius 3 is 2.42 bits per heavy atom. The smallest absolute Gasteiger partial charge is 0.348 e. The van der Waals surface area contributed by atoms with E-state index in [2.05, 4.69) is 5.32 Å². The monoisotopic (exact) mass is 536 g/mol. The van der Waals surface area contributed by atoms with E-state index in [4.69, 9.17) is 11.6 Å². The average molecular weight is 537 g/mol. The van der Waals surface area contributed by atoms with Crippen LogP contribution in [0.4, 0.5) is 18.9 Å². The molecule has 36 heavy (non-hydrogen) atoms. The van der Waals surface area contributed by atoms with E-state index in [-0.39, 0.29) is 9.92 Å². The third-order valence-electron chi connectivity index (χ3n) is 6.16. The number of halogens is 4. The number of aryl methyl sites for hydroxylation is 2. The SMILES string of the molecule is C[C@@H](NC(=O)CN(c1cc(C(F)(F)F)ccc1Cl)S(=O)(=O)c1ccccc1)c1ccc2c(c1)CCC2. The maximum absolute atomic E-state index is 13.5. The summed E-state index contributed by atoms with van der Waals surface area (Å²) in [5.74, 6) is -0.684. The first-order chi connectivity index (χ1) is 17.0. The number of nitrogens with zero attached hydrogens (tertiary/aromatic N) is 1. The molecule has 0 fully saturated rings. The van der Waals surface area contributed by atoms with Crippen LogP contribution in [0.3, 0.4) is 0 Å². The number of carbonyl (C=O) groups is 1. The second-order valence-electron chi connectivity index (χ2n) is 8.66. The van der Waals surface area contributed by atoms with Crippen molar-refractivity contribution in [2.24, 2.45) is 0 Å². The average Bonchev–Trinajstić information content (AvgIpc) is 3.31. The number of fused-ring (bicyclic) bond motifs is 1. The van der Waals surface area contributed by atoms with Crippen LogP contribution in [0.15, 0.2) is 71.6 Å². The van der Waals surface area contributed by atoms with Crippen LogP contribution in [0.2, 0.25) is 5.02 Å². The van der Waals surface area contributed by atoms with Crippen molar-refractivity contribution in [1.82, 2.24) is 5.32 Å². The summed E-state index contributed by atoms with van der Waals surface area (Å²) in [5.41, 5.74) is 1.84. The van der Waals surface area contributed by atoms with E-state index in [0.29, 0.717) is 10.4 Å². The minimum Gasteiger partial charge on any atom is -0.348 e. The van der Waals surface area contributed by atoms with Gasteiger partial charge in [0.15, 0.2) is 0 Å². The minimum atomic E-state index is -4.73. The van der Waals surface area contributed by atoms with Gasteiger partial charge in [-0.05, 0) is 73.2 Å². The molecule has 10 heteroatoms. The molecular weight excluding hydrogens is 513 g/mol. The summed E-state index contributed by atoms with van der Waals surface area (Å²) < 4.78 is 67.8. The highest BCUT2D eigenvalue weighted by Gasteiger charge is 2.34. The molecular formula is C26H24ClF3N2O3S. The molecule has 3 aromatic rings. The maximum Gasteiger partial charge on any atom is 0.416 e. The Kier molecular flexibility index (Phi) is 7.33. The summed E-state index contributed by atoms with van der Waals surface area (Å²) in [4.78, 5) is 12.9. The molecule has 0 aliphatic heterocycles. The lowest BCUT2D eigenvalue weighted by Crippen LogP contribution is -2.41. The fourth-order valence-electron chi connectivity index (χ4n) is 4.26. The number of nitrogens with one attached hydrogen (secondary N) is 1. The number of benzene rings is 3. The van der Waals surface area contributed by atoms with Gasteiger partial charge in [-0.15, -0.1) is 0 Å². The number of alkyl halides is 3. The van der Waals surface area contributed by atoms with Gasteiger partial charge in [-0.3, -0.25) is 9.10 Å². The lowest BCUT2D eigenvalue weighted by molar-refractivity contribution is -0.137. The quantitative estimate of drug-likeness (QED) is 0.407. The van der Waals surface area contributed by atoms with Crippen molar-refractivity contribution in [3.63, 3.8) is 0 Å². The van der Waals surface area contributed by atoms with Gasteiger partial charge < -0.3 is 5.32 Å². The van der Waals surface area contributed by atoms with Gasteiger partial charge in [0.2, 0.25) is 5.91 Å². The van der Waals surface area contributed by atoms with Gasteiger partial charge in [0.25, 0.3) is 10.0 Å². The van der Waals surface area contributed by atoms with Gasteiger partial charge in [-0.1, -0.05) is 48.0 Å². The van der Waals surface area contributed by atoms with Gasteiger partial charge in [-0.2, -0.15) is 13.2 Å². The van der Waals surface area contributed by atoms with Crippen LogP contribution in [-0.2, 0) is 33.8 Å². The summed E-state index contributed by atoms with van der Waals surface area (Å²) in [6.07, 6.45) is -1.68. The normalized spacial score (nSPS) is 14.2. The molecule has 5 nitrogen and oxygen atoms in total. The molecule has 4 rings (SSSR count). The number of hydrogen-bond donors (Lipinski definition) is 1. The van der Waals surface area contributed by atoms with E-state index >= 15 is 0 Å². The van der Waals surface area contributed by atoms with E-state index in [9.17, 15) is 26.4 Å². The van der Waals surface area contributed by atoms with Crippen molar-refractivity contribution >= 4 is 33.2 Å². The lowest BCUT2D eigenvalue weighted by atomic mass is 10.0. The van der Waals surface area contributed by atoms with Gasteiger partial charge in [0, 0.05) is 0 Å². The summed E-state index contributed by atoms with van der Waals surface area (Å²) in [6, 6.07) is 15.1. The summed E-state index contributed by atoms with van der Waals surface area (Å²) >= 11 is 6.17. The van der Waals surface area contributed by atoms with Gasteiger partial charge in [0.1, 0.15) is 6.54 Å². The first kappa shape index (κ1) is 26.0. The standard InChI is InChI=1S/C26H24ClF3N2O3S/c1-17(19-11-10-18-6-5-7-20(18)14-19)31-25(33)16-32(36(34,35)22-8-3-2-4-9-22)24-15-21(26(28,29)30)12-13-23(24)27/h2-4,8-15,17H,5-7,16H2,1H3,(H,31,33)/t17-/m1/s1. The van der Waals surface area contributed by atoms with Gasteiger partial charge >= 0.3 is 6.18 Å². The molecule has 0 saturated heterocycles. The maximum atomic E-state index is 13.5. The zero-order valence-electron chi connectivity index (χ0n) is 19.3. The zero-order chi connectivity index (χ0) is 26.1. The van der Waals surface area contributed by atoms with Gasteiger partial charge in [-0.25, -0.2) is 8.42 Å². The third-order valence-corrected chi connectivity index (χ3v) is 8.25. The summed E-state index contributed by atoms with van der Waals surface area (Å²) in [5, 5.41) is 2.53. The number of sulfonamides is 1. The zero-order valence-corrected chi connectivity index (χ0v) is 20.9. The number of hydrogen-bond acceptors (Lipinski definition) is 3.